The van der Waals surface area contributed by atoms with Crippen LogP contribution in [0, 0.1) is 16.0 Å². The second-order valence-corrected chi connectivity index (χ2v) is 6.55. The number of piperazine rings is 1. The van der Waals surface area contributed by atoms with E-state index in [0.717, 1.165) is 12.8 Å². The van der Waals surface area contributed by atoms with Gasteiger partial charge in [0.05, 0.1) is 9.95 Å². The predicted octanol–water partition coefficient (Wildman–Crippen LogP) is 1.71. The third-order valence-corrected chi connectivity index (χ3v) is 4.64. The Kier molecular flexibility index (Phi) is 5.08. The quantitative estimate of drug-likeness (QED) is 0.583. The average molecular weight is 368 g/mol. The lowest BCUT2D eigenvalue weighted by molar-refractivity contribution is -0.384. The van der Waals surface area contributed by atoms with Gasteiger partial charge in [-0.15, -0.1) is 0 Å². The van der Waals surface area contributed by atoms with Gasteiger partial charge in [-0.3, -0.25) is 19.7 Å². The summed E-state index contributed by atoms with van der Waals surface area (Å²) >= 11 is 5.93. The molecule has 25 heavy (non-hydrogen) atoms. The number of ether oxygens (including phenoxy) is 1. The minimum absolute atomic E-state index is 0.0850. The first-order valence-electron chi connectivity index (χ1n) is 8.09. The van der Waals surface area contributed by atoms with Crippen molar-refractivity contribution in [3.8, 4) is 5.75 Å². The number of hydrogen-bond acceptors (Lipinski definition) is 5. The number of nitro benzene ring substituents is 1. The summed E-state index contributed by atoms with van der Waals surface area (Å²) in [5.74, 6) is 0.409. The number of hydrogen-bond donors (Lipinski definition) is 0. The highest BCUT2D eigenvalue weighted by Crippen LogP contribution is 2.31. The van der Waals surface area contributed by atoms with Gasteiger partial charge in [0.2, 0.25) is 5.91 Å². The van der Waals surface area contributed by atoms with Gasteiger partial charge in [0, 0.05) is 44.2 Å². The summed E-state index contributed by atoms with van der Waals surface area (Å²) in [5, 5.41) is 10.8. The van der Waals surface area contributed by atoms with E-state index >= 15 is 0 Å². The van der Waals surface area contributed by atoms with Crippen LogP contribution in [0.5, 0.6) is 5.75 Å². The Morgan fingerprint density at radius 3 is 2.40 bits per heavy atom. The molecule has 1 aromatic rings. The van der Waals surface area contributed by atoms with Crippen LogP contribution in [0.4, 0.5) is 5.69 Å². The van der Waals surface area contributed by atoms with Gasteiger partial charge in [0.1, 0.15) is 5.75 Å². The summed E-state index contributed by atoms with van der Waals surface area (Å²) in [4.78, 5) is 37.8. The summed E-state index contributed by atoms with van der Waals surface area (Å²) < 4.78 is 5.38. The molecule has 0 bridgehead atoms. The minimum atomic E-state index is -0.552. The Bertz CT molecular complexity index is 699. The van der Waals surface area contributed by atoms with Crippen molar-refractivity contribution in [1.82, 2.24) is 9.80 Å². The minimum Gasteiger partial charge on any atom is -0.482 e. The molecule has 3 rings (SSSR count). The van der Waals surface area contributed by atoms with E-state index in [2.05, 4.69) is 0 Å². The van der Waals surface area contributed by atoms with Gasteiger partial charge >= 0.3 is 0 Å². The number of halogens is 1. The summed E-state index contributed by atoms with van der Waals surface area (Å²) in [5.41, 5.74) is -0.139. The molecule has 0 radical (unpaired) electrons. The molecule has 1 aromatic carbocycles. The number of benzene rings is 1. The molecule has 2 aliphatic rings. The van der Waals surface area contributed by atoms with Gasteiger partial charge in [-0.2, -0.15) is 0 Å². The average Bonchev–Trinajstić information content (AvgIpc) is 3.45. The fourth-order valence-electron chi connectivity index (χ4n) is 2.72. The van der Waals surface area contributed by atoms with Gasteiger partial charge < -0.3 is 14.5 Å². The summed E-state index contributed by atoms with van der Waals surface area (Å²) in [6.07, 6.45) is 1.95. The largest absolute Gasteiger partial charge is 0.482 e. The molecular formula is C16H18ClN3O5. The zero-order valence-electron chi connectivity index (χ0n) is 13.5. The molecule has 134 valence electrons. The molecule has 0 N–H and O–H groups in total. The van der Waals surface area contributed by atoms with E-state index in [-0.39, 0.29) is 40.8 Å². The number of amides is 2. The number of nitrogens with zero attached hydrogens (tertiary/aromatic N) is 3. The number of non-ortho nitro benzene ring substituents is 1. The van der Waals surface area contributed by atoms with Crippen molar-refractivity contribution in [3.63, 3.8) is 0 Å². The highest BCUT2D eigenvalue weighted by molar-refractivity contribution is 6.32. The first-order chi connectivity index (χ1) is 12.0. The molecule has 2 amide bonds. The smallest absolute Gasteiger partial charge is 0.271 e. The molecule has 1 saturated carbocycles. The standard InChI is InChI=1S/C16H18ClN3O5/c17-13-9-12(20(23)24)3-4-14(13)25-10-15(21)18-5-7-19(8-6-18)16(22)11-1-2-11/h3-4,9,11H,1-2,5-8,10H2. The Hall–Kier alpha value is -2.35. The van der Waals surface area contributed by atoms with Crippen molar-refractivity contribution in [2.45, 2.75) is 12.8 Å². The van der Waals surface area contributed by atoms with Crippen LogP contribution in [0.25, 0.3) is 0 Å². The monoisotopic (exact) mass is 367 g/mol. The van der Waals surface area contributed by atoms with Crippen LogP contribution in [0.2, 0.25) is 5.02 Å². The predicted molar refractivity (Wildman–Crippen MR) is 89.5 cm³/mol. The molecule has 8 nitrogen and oxygen atoms in total. The second kappa shape index (κ2) is 7.26. The topological polar surface area (TPSA) is 93.0 Å². The fourth-order valence-corrected chi connectivity index (χ4v) is 2.95. The van der Waals surface area contributed by atoms with Crippen LogP contribution in [0.3, 0.4) is 0 Å². The lowest BCUT2D eigenvalue weighted by Gasteiger charge is -2.34. The summed E-state index contributed by atoms with van der Waals surface area (Å²) in [7, 11) is 0. The van der Waals surface area contributed by atoms with Gasteiger partial charge in [-0.1, -0.05) is 11.6 Å². The van der Waals surface area contributed by atoms with Crippen LogP contribution in [-0.2, 0) is 9.59 Å². The van der Waals surface area contributed by atoms with E-state index < -0.39 is 4.92 Å². The van der Waals surface area contributed by atoms with Crippen molar-refractivity contribution in [3.05, 3.63) is 33.3 Å². The highest BCUT2D eigenvalue weighted by Gasteiger charge is 2.35. The first kappa shape index (κ1) is 17.5. The lowest BCUT2D eigenvalue weighted by Crippen LogP contribution is -2.52. The van der Waals surface area contributed by atoms with Gasteiger partial charge in [0.15, 0.2) is 6.61 Å². The van der Waals surface area contributed by atoms with Crippen molar-refractivity contribution < 1.29 is 19.2 Å². The lowest BCUT2D eigenvalue weighted by atomic mass is 10.2. The van der Waals surface area contributed by atoms with E-state index in [1.54, 1.807) is 4.90 Å². The van der Waals surface area contributed by atoms with E-state index in [9.17, 15) is 19.7 Å². The van der Waals surface area contributed by atoms with E-state index in [1.807, 2.05) is 4.90 Å². The van der Waals surface area contributed by atoms with E-state index in [4.69, 9.17) is 16.3 Å². The molecule has 9 heteroatoms. The molecule has 1 aliphatic heterocycles. The Morgan fingerprint density at radius 1 is 1.20 bits per heavy atom. The second-order valence-electron chi connectivity index (χ2n) is 6.14. The molecule has 1 saturated heterocycles. The van der Waals surface area contributed by atoms with Crippen molar-refractivity contribution in [2.75, 3.05) is 32.8 Å². The zero-order chi connectivity index (χ0) is 18.0. The van der Waals surface area contributed by atoms with Crippen LogP contribution >= 0.6 is 11.6 Å². The normalized spacial score (nSPS) is 17.3. The Morgan fingerprint density at radius 2 is 1.84 bits per heavy atom. The van der Waals surface area contributed by atoms with Crippen LogP contribution in [0.1, 0.15) is 12.8 Å². The molecule has 0 spiro atoms. The number of carbonyl (C=O) groups excluding carboxylic acids is 2. The molecule has 0 atom stereocenters. The molecule has 1 aliphatic carbocycles. The molecule has 0 aromatic heterocycles. The third-order valence-electron chi connectivity index (χ3n) is 4.35. The van der Waals surface area contributed by atoms with Crippen molar-refractivity contribution in [2.24, 2.45) is 5.92 Å². The van der Waals surface area contributed by atoms with E-state index in [1.165, 1.54) is 18.2 Å². The fraction of sp³-hybridized carbons (Fsp3) is 0.500. The zero-order valence-corrected chi connectivity index (χ0v) is 14.3. The number of rotatable bonds is 5. The van der Waals surface area contributed by atoms with Crippen LogP contribution in [-0.4, -0.2) is 59.3 Å². The van der Waals surface area contributed by atoms with E-state index in [0.29, 0.717) is 26.2 Å². The maximum Gasteiger partial charge on any atom is 0.271 e. The van der Waals surface area contributed by atoms with Gasteiger partial charge in [-0.05, 0) is 18.9 Å². The van der Waals surface area contributed by atoms with Crippen LogP contribution < -0.4 is 4.74 Å². The van der Waals surface area contributed by atoms with Gasteiger partial charge in [-0.25, -0.2) is 0 Å². The summed E-state index contributed by atoms with van der Waals surface area (Å²) in [6, 6.07) is 3.83. The maximum absolute atomic E-state index is 12.2. The van der Waals surface area contributed by atoms with Crippen LogP contribution in [0.15, 0.2) is 18.2 Å². The summed E-state index contributed by atoms with van der Waals surface area (Å²) in [6.45, 7) is 1.84. The Labute approximate surface area is 149 Å². The highest BCUT2D eigenvalue weighted by atomic mass is 35.5. The van der Waals surface area contributed by atoms with Gasteiger partial charge in [0.25, 0.3) is 11.6 Å². The third kappa shape index (κ3) is 4.19. The molecule has 1 heterocycles. The molecule has 2 fully saturated rings. The SMILES string of the molecule is O=C(COc1ccc([N+](=O)[O-])cc1Cl)N1CCN(C(=O)C2CC2)CC1. The molecular weight excluding hydrogens is 350 g/mol. The first-order valence-corrected chi connectivity index (χ1v) is 8.47. The maximum atomic E-state index is 12.2. The van der Waals surface area contributed by atoms with Crippen molar-refractivity contribution >= 4 is 29.1 Å². The Balaban J connectivity index is 1.48. The molecule has 0 unspecified atom stereocenters. The van der Waals surface area contributed by atoms with Crippen molar-refractivity contribution in [1.29, 1.82) is 0 Å². The number of carbonyl (C=O) groups is 2. The number of nitro groups is 1.